The number of carboxylic acids is 1. The SMILES string of the molecule is CC1CC1n1c(SCC(=O)O)nc2cc(F)ccc21. The van der Waals surface area contributed by atoms with Crippen LogP contribution in [-0.4, -0.2) is 26.4 Å². The number of carbonyl (C=O) groups is 1. The van der Waals surface area contributed by atoms with Crippen molar-refractivity contribution in [3.05, 3.63) is 24.0 Å². The Morgan fingerprint density at radius 3 is 3.00 bits per heavy atom. The summed E-state index contributed by atoms with van der Waals surface area (Å²) in [5.74, 6) is -0.673. The third kappa shape index (κ3) is 2.32. The summed E-state index contributed by atoms with van der Waals surface area (Å²) < 4.78 is 15.3. The molecule has 1 aliphatic carbocycles. The van der Waals surface area contributed by atoms with Gasteiger partial charge in [-0.2, -0.15) is 0 Å². The van der Waals surface area contributed by atoms with Gasteiger partial charge in [0, 0.05) is 12.1 Å². The molecule has 0 saturated heterocycles. The Kier molecular flexibility index (Phi) is 2.97. The normalized spacial score (nSPS) is 21.8. The Balaban J connectivity index is 2.05. The maximum atomic E-state index is 13.2. The first kappa shape index (κ1) is 12.5. The number of hydrogen-bond donors (Lipinski definition) is 1. The molecule has 0 bridgehead atoms. The van der Waals surface area contributed by atoms with Gasteiger partial charge in [-0.15, -0.1) is 0 Å². The lowest BCUT2D eigenvalue weighted by molar-refractivity contribution is -0.133. The molecule has 1 N–H and O–H groups in total. The maximum Gasteiger partial charge on any atom is 0.313 e. The van der Waals surface area contributed by atoms with Gasteiger partial charge >= 0.3 is 5.97 Å². The molecule has 19 heavy (non-hydrogen) atoms. The fourth-order valence-corrected chi connectivity index (χ4v) is 3.05. The maximum absolute atomic E-state index is 13.2. The predicted molar refractivity (Wildman–Crippen MR) is 70.9 cm³/mol. The van der Waals surface area contributed by atoms with Crippen LogP contribution in [0.4, 0.5) is 4.39 Å². The molecule has 100 valence electrons. The van der Waals surface area contributed by atoms with E-state index in [4.69, 9.17) is 5.11 Å². The first-order chi connectivity index (χ1) is 9.06. The minimum atomic E-state index is -0.876. The second-order valence-electron chi connectivity index (χ2n) is 4.86. The molecule has 0 aliphatic heterocycles. The lowest BCUT2D eigenvalue weighted by Gasteiger charge is -2.06. The summed E-state index contributed by atoms with van der Waals surface area (Å²) >= 11 is 1.19. The minimum Gasteiger partial charge on any atom is -0.481 e. The van der Waals surface area contributed by atoms with Crippen LogP contribution in [0.1, 0.15) is 19.4 Å². The van der Waals surface area contributed by atoms with Gasteiger partial charge in [0.1, 0.15) is 5.82 Å². The zero-order valence-corrected chi connectivity index (χ0v) is 11.2. The van der Waals surface area contributed by atoms with E-state index in [0.29, 0.717) is 22.6 Å². The van der Waals surface area contributed by atoms with Gasteiger partial charge in [0.25, 0.3) is 0 Å². The Morgan fingerprint density at radius 1 is 1.63 bits per heavy atom. The van der Waals surface area contributed by atoms with Gasteiger partial charge in [0.15, 0.2) is 5.16 Å². The van der Waals surface area contributed by atoms with E-state index in [1.807, 2.05) is 4.57 Å². The summed E-state index contributed by atoms with van der Waals surface area (Å²) in [6.07, 6.45) is 1.06. The highest BCUT2D eigenvalue weighted by molar-refractivity contribution is 7.99. The third-order valence-electron chi connectivity index (χ3n) is 3.34. The van der Waals surface area contributed by atoms with Crippen LogP contribution in [0.5, 0.6) is 0 Å². The lowest BCUT2D eigenvalue weighted by atomic mass is 10.3. The van der Waals surface area contributed by atoms with Crippen molar-refractivity contribution < 1.29 is 14.3 Å². The molecule has 3 rings (SSSR count). The summed E-state index contributed by atoms with van der Waals surface area (Å²) in [4.78, 5) is 15.0. The number of hydrogen-bond acceptors (Lipinski definition) is 3. The van der Waals surface area contributed by atoms with Crippen molar-refractivity contribution in [3.63, 3.8) is 0 Å². The van der Waals surface area contributed by atoms with E-state index in [-0.39, 0.29) is 11.6 Å². The van der Waals surface area contributed by atoms with Crippen LogP contribution < -0.4 is 0 Å². The summed E-state index contributed by atoms with van der Waals surface area (Å²) in [5.41, 5.74) is 1.47. The fraction of sp³-hybridized carbons (Fsp3) is 0.385. The lowest BCUT2D eigenvalue weighted by Crippen LogP contribution is -2.02. The highest BCUT2D eigenvalue weighted by Crippen LogP contribution is 2.46. The summed E-state index contributed by atoms with van der Waals surface area (Å²) in [5, 5.41) is 9.44. The van der Waals surface area contributed by atoms with Gasteiger partial charge < -0.3 is 9.67 Å². The van der Waals surface area contributed by atoms with E-state index in [0.717, 1.165) is 11.9 Å². The number of imidazole rings is 1. The summed E-state index contributed by atoms with van der Waals surface area (Å²) in [6.45, 7) is 2.14. The third-order valence-corrected chi connectivity index (χ3v) is 4.28. The van der Waals surface area contributed by atoms with Crippen molar-refractivity contribution in [3.8, 4) is 0 Å². The number of fused-ring (bicyclic) bond motifs is 1. The van der Waals surface area contributed by atoms with Crippen LogP contribution in [0, 0.1) is 11.7 Å². The van der Waals surface area contributed by atoms with Gasteiger partial charge in [-0.1, -0.05) is 18.7 Å². The number of carboxylic acid groups (broad SMARTS) is 1. The monoisotopic (exact) mass is 280 g/mol. The molecule has 1 aromatic carbocycles. The number of aromatic nitrogens is 2. The van der Waals surface area contributed by atoms with E-state index in [2.05, 4.69) is 11.9 Å². The average Bonchev–Trinajstić information content (AvgIpc) is 2.95. The standard InChI is InChI=1S/C13H13FN2O2S/c1-7-4-11(7)16-10-3-2-8(14)5-9(10)15-13(16)19-6-12(17)18/h2-3,5,7,11H,4,6H2,1H3,(H,17,18). The highest BCUT2D eigenvalue weighted by atomic mass is 32.2. The van der Waals surface area contributed by atoms with Crippen molar-refractivity contribution in [2.45, 2.75) is 24.5 Å². The van der Waals surface area contributed by atoms with E-state index in [1.54, 1.807) is 6.07 Å². The van der Waals surface area contributed by atoms with Gasteiger partial charge in [-0.05, 0) is 24.5 Å². The fourth-order valence-electron chi connectivity index (χ4n) is 2.26. The van der Waals surface area contributed by atoms with Gasteiger partial charge in [-0.25, -0.2) is 9.37 Å². The number of benzene rings is 1. The largest absolute Gasteiger partial charge is 0.481 e. The Morgan fingerprint density at radius 2 is 2.37 bits per heavy atom. The van der Waals surface area contributed by atoms with Crippen molar-refractivity contribution >= 4 is 28.8 Å². The smallest absolute Gasteiger partial charge is 0.313 e. The minimum absolute atomic E-state index is 0.0348. The van der Waals surface area contributed by atoms with Crippen molar-refractivity contribution in [2.75, 3.05) is 5.75 Å². The molecular formula is C13H13FN2O2S. The molecule has 0 radical (unpaired) electrons. The van der Waals surface area contributed by atoms with Gasteiger partial charge in [-0.3, -0.25) is 4.79 Å². The molecule has 1 heterocycles. The predicted octanol–water partition coefficient (Wildman–Crippen LogP) is 2.93. The van der Waals surface area contributed by atoms with E-state index in [1.165, 1.54) is 23.9 Å². The molecule has 6 heteroatoms. The molecule has 0 amide bonds. The van der Waals surface area contributed by atoms with Crippen molar-refractivity contribution in [1.82, 2.24) is 9.55 Å². The van der Waals surface area contributed by atoms with Crippen molar-refractivity contribution in [1.29, 1.82) is 0 Å². The first-order valence-electron chi connectivity index (χ1n) is 6.08. The molecule has 2 aromatic rings. The van der Waals surface area contributed by atoms with E-state index >= 15 is 0 Å². The summed E-state index contributed by atoms with van der Waals surface area (Å²) in [7, 11) is 0. The quantitative estimate of drug-likeness (QED) is 0.875. The van der Waals surface area contributed by atoms with Crippen LogP contribution in [0.15, 0.2) is 23.4 Å². The second-order valence-corrected chi connectivity index (χ2v) is 5.80. The number of aliphatic carboxylic acids is 1. The molecular weight excluding hydrogens is 267 g/mol. The van der Waals surface area contributed by atoms with Crippen LogP contribution in [0.2, 0.25) is 0 Å². The second kappa shape index (κ2) is 4.52. The van der Waals surface area contributed by atoms with Crippen LogP contribution in [0.25, 0.3) is 11.0 Å². The molecule has 0 spiro atoms. The Labute approximate surface area is 113 Å². The topological polar surface area (TPSA) is 55.1 Å². The number of rotatable bonds is 4. The molecule has 1 fully saturated rings. The van der Waals surface area contributed by atoms with Crippen molar-refractivity contribution in [2.24, 2.45) is 5.92 Å². The average molecular weight is 280 g/mol. The zero-order valence-electron chi connectivity index (χ0n) is 10.3. The number of nitrogens with zero attached hydrogens (tertiary/aromatic N) is 2. The zero-order chi connectivity index (χ0) is 13.6. The molecule has 1 aromatic heterocycles. The molecule has 2 unspecified atom stereocenters. The molecule has 4 nitrogen and oxygen atoms in total. The Hall–Kier alpha value is -1.56. The molecule has 2 atom stereocenters. The van der Waals surface area contributed by atoms with Gasteiger partial charge in [0.2, 0.25) is 0 Å². The molecule has 1 aliphatic rings. The first-order valence-corrected chi connectivity index (χ1v) is 7.07. The number of halogens is 1. The summed E-state index contributed by atoms with van der Waals surface area (Å²) in [6, 6.07) is 4.88. The number of thioether (sulfide) groups is 1. The van der Waals surface area contributed by atoms with Gasteiger partial charge in [0.05, 0.1) is 16.8 Å². The highest BCUT2D eigenvalue weighted by Gasteiger charge is 2.37. The van der Waals surface area contributed by atoms with E-state index < -0.39 is 5.97 Å². The van der Waals surface area contributed by atoms with Crippen LogP contribution in [0.3, 0.4) is 0 Å². The van der Waals surface area contributed by atoms with Crippen LogP contribution in [-0.2, 0) is 4.79 Å². The molecule has 1 saturated carbocycles. The van der Waals surface area contributed by atoms with Crippen LogP contribution >= 0.6 is 11.8 Å². The Bertz CT molecular complexity index is 655. The van der Waals surface area contributed by atoms with E-state index in [9.17, 15) is 9.18 Å².